The molecule has 0 aliphatic carbocycles. The maximum atomic E-state index is 11.8. The van der Waals surface area contributed by atoms with Crippen molar-refractivity contribution in [3.8, 4) is 0 Å². The highest BCUT2D eigenvalue weighted by molar-refractivity contribution is 7.08. The number of carbonyl (C=O) groups excluding carboxylic acids is 1. The van der Waals surface area contributed by atoms with Crippen LogP contribution in [-0.2, 0) is 6.42 Å². The molecule has 100 valence electrons. The highest BCUT2D eigenvalue weighted by Gasteiger charge is 2.06. The van der Waals surface area contributed by atoms with Gasteiger partial charge in [-0.25, -0.2) is 0 Å². The van der Waals surface area contributed by atoms with Crippen LogP contribution in [0, 0.1) is 0 Å². The van der Waals surface area contributed by atoms with Gasteiger partial charge in [-0.2, -0.15) is 11.3 Å². The normalized spacial score (nSPS) is 10.6. The Balaban J connectivity index is 1.67. The van der Waals surface area contributed by atoms with Crippen molar-refractivity contribution < 1.29 is 4.79 Å². The summed E-state index contributed by atoms with van der Waals surface area (Å²) in [7, 11) is 0. The number of nitrogens with one attached hydrogen (secondary N) is 1. The first-order valence-electron chi connectivity index (χ1n) is 6.47. The molecule has 0 bridgehead atoms. The minimum Gasteiger partial charge on any atom is -0.352 e. The average molecular weight is 282 g/mol. The lowest BCUT2D eigenvalue weighted by molar-refractivity contribution is 0.0954. The molecule has 3 aromatic rings. The van der Waals surface area contributed by atoms with E-state index in [1.807, 2.05) is 29.0 Å². The minimum absolute atomic E-state index is 0.0144. The van der Waals surface area contributed by atoms with Crippen molar-refractivity contribution in [2.45, 2.75) is 6.42 Å². The molecular formula is C16H14N2OS. The van der Waals surface area contributed by atoms with Crippen molar-refractivity contribution >= 4 is 28.1 Å². The number of thiophene rings is 1. The van der Waals surface area contributed by atoms with Crippen LogP contribution in [0.4, 0.5) is 0 Å². The van der Waals surface area contributed by atoms with Gasteiger partial charge in [0.05, 0.1) is 5.52 Å². The predicted molar refractivity (Wildman–Crippen MR) is 82.1 cm³/mol. The molecule has 20 heavy (non-hydrogen) atoms. The van der Waals surface area contributed by atoms with Crippen molar-refractivity contribution in [1.29, 1.82) is 0 Å². The Morgan fingerprint density at radius 1 is 1.20 bits per heavy atom. The number of para-hydroxylation sites is 1. The molecule has 0 aliphatic heterocycles. The number of aromatic nitrogens is 1. The first kappa shape index (κ1) is 12.8. The van der Waals surface area contributed by atoms with Crippen molar-refractivity contribution in [3.63, 3.8) is 0 Å². The number of hydrogen-bond acceptors (Lipinski definition) is 3. The Morgan fingerprint density at radius 3 is 2.95 bits per heavy atom. The van der Waals surface area contributed by atoms with Crippen LogP contribution in [0.5, 0.6) is 0 Å². The van der Waals surface area contributed by atoms with E-state index < -0.39 is 0 Å². The summed E-state index contributed by atoms with van der Waals surface area (Å²) in [6.07, 6.45) is 2.58. The van der Waals surface area contributed by atoms with E-state index in [2.05, 4.69) is 28.5 Å². The van der Waals surface area contributed by atoms with Gasteiger partial charge in [-0.3, -0.25) is 9.78 Å². The van der Waals surface area contributed by atoms with E-state index in [0.717, 1.165) is 28.5 Å². The molecule has 3 rings (SSSR count). The van der Waals surface area contributed by atoms with Crippen LogP contribution in [0.1, 0.15) is 15.9 Å². The maximum Gasteiger partial charge on any atom is 0.252 e. The molecule has 1 aromatic carbocycles. The Hall–Kier alpha value is -2.20. The molecule has 3 nitrogen and oxygen atoms in total. The van der Waals surface area contributed by atoms with E-state index >= 15 is 0 Å². The Bertz CT molecular complexity index is 717. The van der Waals surface area contributed by atoms with Gasteiger partial charge < -0.3 is 5.32 Å². The number of carbonyl (C=O) groups is 1. The summed E-state index contributed by atoms with van der Waals surface area (Å²) in [5.74, 6) is -0.0144. The number of benzene rings is 1. The van der Waals surface area contributed by atoms with Crippen LogP contribution in [0.15, 0.2) is 53.4 Å². The Labute approximate surface area is 121 Å². The molecule has 0 unspecified atom stereocenters. The van der Waals surface area contributed by atoms with E-state index in [-0.39, 0.29) is 5.91 Å². The Morgan fingerprint density at radius 2 is 2.10 bits per heavy atom. The minimum atomic E-state index is -0.0144. The average Bonchev–Trinajstić information content (AvgIpc) is 3.02. The quantitative estimate of drug-likeness (QED) is 0.798. The summed E-state index contributed by atoms with van der Waals surface area (Å²) in [6, 6.07) is 12.0. The smallest absolute Gasteiger partial charge is 0.252 e. The van der Waals surface area contributed by atoms with Crippen molar-refractivity contribution in [2.24, 2.45) is 0 Å². The fourth-order valence-electron chi connectivity index (χ4n) is 2.18. The van der Waals surface area contributed by atoms with Gasteiger partial charge in [-0.05, 0) is 29.5 Å². The number of fused-ring (bicyclic) bond motifs is 1. The molecule has 0 saturated carbocycles. The lowest BCUT2D eigenvalue weighted by Gasteiger charge is -2.06. The number of amides is 1. The third kappa shape index (κ3) is 2.70. The van der Waals surface area contributed by atoms with Crippen LogP contribution in [0.3, 0.4) is 0 Å². The second kappa shape index (κ2) is 5.84. The van der Waals surface area contributed by atoms with Gasteiger partial charge in [0, 0.05) is 29.1 Å². The van der Waals surface area contributed by atoms with Crippen molar-refractivity contribution in [1.82, 2.24) is 10.3 Å². The Kier molecular flexibility index (Phi) is 3.74. The molecule has 0 radical (unpaired) electrons. The fraction of sp³-hybridized carbons (Fsp3) is 0.125. The number of rotatable bonds is 4. The highest BCUT2D eigenvalue weighted by Crippen LogP contribution is 2.16. The predicted octanol–water partition coefficient (Wildman–Crippen LogP) is 3.27. The monoisotopic (exact) mass is 282 g/mol. The first-order valence-corrected chi connectivity index (χ1v) is 7.42. The summed E-state index contributed by atoms with van der Waals surface area (Å²) in [5.41, 5.74) is 2.90. The third-order valence-corrected chi connectivity index (χ3v) is 3.86. The topological polar surface area (TPSA) is 42.0 Å². The standard InChI is InChI=1S/C16H14N2OS/c19-16(14-7-10-20-11-14)18-9-6-13-4-1-3-12-5-2-8-17-15(12)13/h1-5,7-8,10-11H,6,9H2,(H,18,19). The van der Waals surface area contributed by atoms with E-state index in [1.54, 1.807) is 6.20 Å². The van der Waals surface area contributed by atoms with Gasteiger partial charge in [0.2, 0.25) is 0 Å². The molecule has 0 fully saturated rings. The van der Waals surface area contributed by atoms with Crippen molar-refractivity contribution in [2.75, 3.05) is 6.54 Å². The summed E-state index contributed by atoms with van der Waals surface area (Å²) >= 11 is 1.53. The molecule has 0 spiro atoms. The number of pyridine rings is 1. The lowest BCUT2D eigenvalue weighted by atomic mass is 10.1. The molecular weight excluding hydrogens is 268 g/mol. The third-order valence-electron chi connectivity index (χ3n) is 3.18. The van der Waals surface area contributed by atoms with E-state index in [9.17, 15) is 4.79 Å². The highest BCUT2D eigenvalue weighted by atomic mass is 32.1. The summed E-state index contributed by atoms with van der Waals surface area (Å²) in [4.78, 5) is 16.3. The summed E-state index contributed by atoms with van der Waals surface area (Å²) in [6.45, 7) is 0.615. The molecule has 2 heterocycles. The van der Waals surface area contributed by atoms with Gasteiger partial charge in [0.15, 0.2) is 0 Å². The zero-order valence-corrected chi connectivity index (χ0v) is 11.7. The number of nitrogens with zero attached hydrogens (tertiary/aromatic N) is 1. The molecule has 0 aliphatic rings. The van der Waals surface area contributed by atoms with Gasteiger partial charge in [0.25, 0.3) is 5.91 Å². The summed E-state index contributed by atoms with van der Waals surface area (Å²) < 4.78 is 0. The van der Waals surface area contributed by atoms with E-state index in [0.29, 0.717) is 6.54 Å². The fourth-order valence-corrected chi connectivity index (χ4v) is 2.81. The molecule has 0 atom stereocenters. The zero-order valence-electron chi connectivity index (χ0n) is 10.9. The number of hydrogen-bond donors (Lipinski definition) is 1. The van der Waals surface area contributed by atoms with Crippen LogP contribution in [-0.4, -0.2) is 17.4 Å². The van der Waals surface area contributed by atoms with Crippen LogP contribution in [0.2, 0.25) is 0 Å². The van der Waals surface area contributed by atoms with Crippen LogP contribution < -0.4 is 5.32 Å². The maximum absolute atomic E-state index is 11.8. The van der Waals surface area contributed by atoms with Gasteiger partial charge in [0.1, 0.15) is 0 Å². The van der Waals surface area contributed by atoms with Gasteiger partial charge in [-0.1, -0.05) is 24.3 Å². The van der Waals surface area contributed by atoms with Crippen LogP contribution >= 0.6 is 11.3 Å². The SMILES string of the molecule is O=C(NCCc1cccc2cccnc12)c1ccsc1. The van der Waals surface area contributed by atoms with Crippen LogP contribution in [0.25, 0.3) is 10.9 Å². The molecule has 1 N–H and O–H groups in total. The zero-order chi connectivity index (χ0) is 13.8. The van der Waals surface area contributed by atoms with Gasteiger partial charge >= 0.3 is 0 Å². The molecule has 4 heteroatoms. The van der Waals surface area contributed by atoms with E-state index in [4.69, 9.17) is 0 Å². The van der Waals surface area contributed by atoms with E-state index in [1.165, 1.54) is 11.3 Å². The lowest BCUT2D eigenvalue weighted by Crippen LogP contribution is -2.25. The van der Waals surface area contributed by atoms with Crippen molar-refractivity contribution in [3.05, 3.63) is 64.5 Å². The second-order valence-corrected chi connectivity index (χ2v) is 5.29. The van der Waals surface area contributed by atoms with Gasteiger partial charge in [-0.15, -0.1) is 0 Å². The first-order chi connectivity index (χ1) is 9.84. The molecule has 1 amide bonds. The largest absolute Gasteiger partial charge is 0.352 e. The second-order valence-electron chi connectivity index (χ2n) is 4.51. The summed E-state index contributed by atoms with van der Waals surface area (Å²) in [5, 5.41) is 7.83. The molecule has 2 aromatic heterocycles. The molecule has 0 saturated heterocycles.